The fraction of sp³-hybridized carbons (Fsp3) is 0.231. The van der Waals surface area contributed by atoms with Crippen LogP contribution in [0.3, 0.4) is 0 Å². The van der Waals surface area contributed by atoms with Gasteiger partial charge in [-0.3, -0.25) is 0 Å². The number of nitrogens with two attached hydrogens (primary N) is 1. The molecule has 0 bridgehead atoms. The number of methoxy groups -OCH3 is 1. The monoisotopic (exact) mass is 255 g/mol. The van der Waals surface area contributed by atoms with Gasteiger partial charge in [-0.15, -0.1) is 0 Å². The zero-order valence-corrected chi connectivity index (χ0v) is 9.66. The van der Waals surface area contributed by atoms with E-state index in [-0.39, 0.29) is 5.56 Å². The van der Waals surface area contributed by atoms with Gasteiger partial charge in [0.2, 0.25) is 0 Å². The van der Waals surface area contributed by atoms with Crippen molar-refractivity contribution < 1.29 is 17.9 Å². The topological polar surface area (TPSA) is 35.2 Å². The molecule has 0 aliphatic carbocycles. The zero-order chi connectivity index (χ0) is 13.3. The molecule has 0 fully saturated rings. The Morgan fingerprint density at radius 2 is 1.89 bits per heavy atom. The third-order valence-electron chi connectivity index (χ3n) is 2.80. The Labute approximate surface area is 102 Å². The zero-order valence-electron chi connectivity index (χ0n) is 9.66. The van der Waals surface area contributed by atoms with Crippen LogP contribution in [0.5, 0.6) is 5.75 Å². The molecule has 0 aliphatic heterocycles. The van der Waals surface area contributed by atoms with E-state index in [9.17, 15) is 13.2 Å². The molecule has 0 amide bonds. The number of fused-ring (bicyclic) bond motifs is 1. The molecule has 5 heteroatoms. The molecule has 2 N–H and O–H groups in total. The second-order valence-corrected chi connectivity index (χ2v) is 3.96. The van der Waals surface area contributed by atoms with Crippen LogP contribution in [0.2, 0.25) is 0 Å². The molecule has 0 heterocycles. The third kappa shape index (κ3) is 2.26. The lowest BCUT2D eigenvalue weighted by Crippen LogP contribution is -2.28. The van der Waals surface area contributed by atoms with Crippen LogP contribution in [-0.4, -0.2) is 13.3 Å². The van der Waals surface area contributed by atoms with E-state index in [1.807, 2.05) is 0 Å². The van der Waals surface area contributed by atoms with Crippen LogP contribution in [-0.2, 0) is 0 Å². The van der Waals surface area contributed by atoms with Gasteiger partial charge in [-0.25, -0.2) is 0 Å². The van der Waals surface area contributed by atoms with E-state index < -0.39 is 12.2 Å². The summed E-state index contributed by atoms with van der Waals surface area (Å²) < 4.78 is 42.7. The summed E-state index contributed by atoms with van der Waals surface area (Å²) in [4.78, 5) is 0. The van der Waals surface area contributed by atoms with Gasteiger partial charge >= 0.3 is 6.18 Å². The van der Waals surface area contributed by atoms with Crippen molar-refractivity contribution in [2.24, 2.45) is 5.73 Å². The van der Waals surface area contributed by atoms with Crippen molar-refractivity contribution in [3.8, 4) is 5.75 Å². The number of hydrogen-bond donors (Lipinski definition) is 1. The van der Waals surface area contributed by atoms with Crippen molar-refractivity contribution in [1.29, 1.82) is 0 Å². The lowest BCUT2D eigenvalue weighted by molar-refractivity contribution is -0.149. The first-order valence-corrected chi connectivity index (χ1v) is 5.32. The van der Waals surface area contributed by atoms with Crippen molar-refractivity contribution in [3.05, 3.63) is 42.0 Å². The average Bonchev–Trinajstić information content (AvgIpc) is 2.35. The smallest absolute Gasteiger partial charge is 0.407 e. The lowest BCUT2D eigenvalue weighted by Gasteiger charge is -2.16. The first kappa shape index (κ1) is 12.7. The molecule has 0 aliphatic rings. The van der Waals surface area contributed by atoms with Crippen molar-refractivity contribution in [2.45, 2.75) is 12.2 Å². The fourth-order valence-electron chi connectivity index (χ4n) is 1.83. The highest BCUT2D eigenvalue weighted by Gasteiger charge is 2.37. The normalized spacial score (nSPS) is 13.6. The molecule has 2 aromatic carbocycles. The third-order valence-corrected chi connectivity index (χ3v) is 2.80. The van der Waals surface area contributed by atoms with Crippen LogP contribution in [0.4, 0.5) is 13.2 Å². The summed E-state index contributed by atoms with van der Waals surface area (Å²) >= 11 is 0. The van der Waals surface area contributed by atoms with E-state index in [0.717, 1.165) is 5.39 Å². The minimum Gasteiger partial charge on any atom is -0.496 e. The number of hydrogen-bond acceptors (Lipinski definition) is 2. The molecule has 0 radical (unpaired) electrons. The highest BCUT2D eigenvalue weighted by atomic mass is 19.4. The molecule has 0 aromatic heterocycles. The summed E-state index contributed by atoms with van der Waals surface area (Å²) in [6, 6.07) is 7.65. The van der Waals surface area contributed by atoms with Gasteiger partial charge < -0.3 is 10.5 Å². The van der Waals surface area contributed by atoms with Gasteiger partial charge in [-0.1, -0.05) is 24.3 Å². The standard InChI is InChI=1S/C13H12F3NO/c1-18-11-4-2-3-8-7-9(5-6-10(8)11)12(17)13(14,15)16/h2-7,12H,17H2,1H3/t12-/m0/s1. The molecule has 2 rings (SSSR count). The maximum Gasteiger partial charge on any atom is 0.407 e. The van der Waals surface area contributed by atoms with Gasteiger partial charge in [-0.2, -0.15) is 13.2 Å². The average molecular weight is 255 g/mol. The minimum absolute atomic E-state index is 0.0447. The predicted octanol–water partition coefficient (Wildman–Crippen LogP) is 3.41. The quantitative estimate of drug-likeness (QED) is 0.892. The Balaban J connectivity index is 2.52. The number of halogens is 3. The van der Waals surface area contributed by atoms with Gasteiger partial charge in [0, 0.05) is 5.39 Å². The maximum atomic E-state index is 12.5. The van der Waals surface area contributed by atoms with Crippen LogP contribution in [0.15, 0.2) is 36.4 Å². The number of alkyl halides is 3. The van der Waals surface area contributed by atoms with E-state index in [4.69, 9.17) is 10.5 Å². The first-order chi connectivity index (χ1) is 8.43. The van der Waals surface area contributed by atoms with Gasteiger partial charge in [0.15, 0.2) is 0 Å². The van der Waals surface area contributed by atoms with Crippen molar-refractivity contribution in [2.75, 3.05) is 7.11 Å². The molecule has 2 aromatic rings. The second-order valence-electron chi connectivity index (χ2n) is 3.96. The van der Waals surface area contributed by atoms with E-state index in [1.54, 1.807) is 24.3 Å². The van der Waals surface area contributed by atoms with Gasteiger partial charge in [0.05, 0.1) is 7.11 Å². The molecule has 0 saturated carbocycles. The summed E-state index contributed by atoms with van der Waals surface area (Å²) in [6.45, 7) is 0. The Bertz CT molecular complexity index is 566. The van der Waals surface area contributed by atoms with Crippen LogP contribution in [0.25, 0.3) is 10.8 Å². The molecule has 0 saturated heterocycles. The van der Waals surface area contributed by atoms with Crippen molar-refractivity contribution >= 4 is 10.8 Å². The van der Waals surface area contributed by atoms with E-state index in [1.165, 1.54) is 19.2 Å². The molecule has 1 atom stereocenters. The van der Waals surface area contributed by atoms with Crippen molar-refractivity contribution in [3.63, 3.8) is 0 Å². The predicted molar refractivity (Wildman–Crippen MR) is 63.5 cm³/mol. The molecule has 0 unspecified atom stereocenters. The lowest BCUT2D eigenvalue weighted by atomic mass is 10.0. The molecule has 2 nitrogen and oxygen atoms in total. The highest BCUT2D eigenvalue weighted by Crippen LogP contribution is 2.33. The SMILES string of the molecule is COc1cccc2cc([C@H](N)C(F)(F)F)ccc12. The molecule has 96 valence electrons. The summed E-state index contributed by atoms with van der Waals surface area (Å²) in [5, 5.41) is 1.43. The molecule has 18 heavy (non-hydrogen) atoms. The Hall–Kier alpha value is -1.75. The van der Waals surface area contributed by atoms with Crippen LogP contribution >= 0.6 is 0 Å². The van der Waals surface area contributed by atoms with E-state index in [2.05, 4.69) is 0 Å². The van der Waals surface area contributed by atoms with Crippen LogP contribution in [0.1, 0.15) is 11.6 Å². The van der Waals surface area contributed by atoms with Gasteiger partial charge in [0.1, 0.15) is 11.8 Å². The van der Waals surface area contributed by atoms with Crippen LogP contribution in [0, 0.1) is 0 Å². The number of rotatable bonds is 2. The number of ether oxygens (including phenoxy) is 1. The minimum atomic E-state index is -4.44. The summed E-state index contributed by atoms with van der Waals surface area (Å²) in [7, 11) is 1.52. The summed E-state index contributed by atoms with van der Waals surface area (Å²) in [5.74, 6) is 0.625. The van der Waals surface area contributed by atoms with Crippen molar-refractivity contribution in [1.82, 2.24) is 0 Å². The van der Waals surface area contributed by atoms with E-state index in [0.29, 0.717) is 11.1 Å². The number of benzene rings is 2. The highest BCUT2D eigenvalue weighted by molar-refractivity contribution is 5.88. The fourth-order valence-corrected chi connectivity index (χ4v) is 1.83. The largest absolute Gasteiger partial charge is 0.496 e. The maximum absolute atomic E-state index is 12.5. The van der Waals surface area contributed by atoms with Gasteiger partial charge in [-0.05, 0) is 23.1 Å². The summed E-state index contributed by atoms with van der Waals surface area (Å²) in [5.41, 5.74) is 5.22. The Morgan fingerprint density at radius 1 is 1.17 bits per heavy atom. The van der Waals surface area contributed by atoms with E-state index >= 15 is 0 Å². The molecular weight excluding hydrogens is 243 g/mol. The second kappa shape index (κ2) is 4.49. The first-order valence-electron chi connectivity index (χ1n) is 5.32. The van der Waals surface area contributed by atoms with Gasteiger partial charge in [0.25, 0.3) is 0 Å². The molecule has 0 spiro atoms. The summed E-state index contributed by atoms with van der Waals surface area (Å²) in [6.07, 6.45) is -4.44. The van der Waals surface area contributed by atoms with Crippen LogP contribution < -0.4 is 10.5 Å². The Morgan fingerprint density at radius 3 is 2.50 bits per heavy atom. The Kier molecular flexibility index (Phi) is 3.17. The molecular formula is C13H12F3NO.